The molecule has 4 rings (SSSR count). The minimum Gasteiger partial charge on any atom is -0.368 e. The Kier molecular flexibility index (Phi) is 6.47. The van der Waals surface area contributed by atoms with Gasteiger partial charge in [-0.1, -0.05) is 30.7 Å². The molecule has 0 aliphatic carbocycles. The number of hydrogen-bond acceptors (Lipinski definition) is 5. The molecule has 0 radical (unpaired) electrons. The Labute approximate surface area is 187 Å². The van der Waals surface area contributed by atoms with E-state index in [9.17, 15) is 4.79 Å². The average Bonchev–Trinajstić information content (AvgIpc) is 2.79. The summed E-state index contributed by atoms with van der Waals surface area (Å²) in [5.41, 5.74) is 2.44. The topological polar surface area (TPSA) is 71.0 Å². The van der Waals surface area contributed by atoms with Crippen LogP contribution < -0.4 is 5.32 Å². The lowest BCUT2D eigenvalue weighted by Gasteiger charge is -2.40. The van der Waals surface area contributed by atoms with Crippen LogP contribution in [0.15, 0.2) is 55.0 Å². The summed E-state index contributed by atoms with van der Waals surface area (Å²) in [4.78, 5) is 28.9. The number of hydrogen-bond donors (Lipinski definition) is 1. The summed E-state index contributed by atoms with van der Waals surface area (Å²) >= 11 is 5.94. The summed E-state index contributed by atoms with van der Waals surface area (Å²) in [5.74, 6) is 1.73. The zero-order chi connectivity index (χ0) is 21.8. The van der Waals surface area contributed by atoms with E-state index in [4.69, 9.17) is 11.6 Å². The molecule has 2 unspecified atom stereocenters. The number of aryl methyl sites for hydroxylation is 1. The van der Waals surface area contributed by atoms with Gasteiger partial charge < -0.3 is 10.2 Å². The number of carbonyl (C=O) groups excluding carboxylic acids is 1. The zero-order valence-electron chi connectivity index (χ0n) is 17.8. The quantitative estimate of drug-likeness (QED) is 0.620. The maximum absolute atomic E-state index is 13.8. The first-order valence-electron chi connectivity index (χ1n) is 10.6. The van der Waals surface area contributed by atoms with Crippen molar-refractivity contribution >= 4 is 23.3 Å². The second-order valence-electron chi connectivity index (χ2n) is 8.00. The smallest absolute Gasteiger partial charge is 0.254 e. The normalized spacial score (nSPS) is 18.6. The molecule has 0 bridgehead atoms. The van der Waals surface area contributed by atoms with Gasteiger partial charge in [-0.15, -0.1) is 0 Å². The zero-order valence-corrected chi connectivity index (χ0v) is 18.5. The van der Waals surface area contributed by atoms with E-state index in [-0.39, 0.29) is 11.9 Å². The predicted octanol–water partition coefficient (Wildman–Crippen LogP) is 4.85. The number of rotatable bonds is 5. The minimum absolute atomic E-state index is 0.0218. The minimum atomic E-state index is 0.0218. The summed E-state index contributed by atoms with van der Waals surface area (Å²) in [7, 11) is 0. The van der Waals surface area contributed by atoms with E-state index in [1.54, 1.807) is 24.7 Å². The second kappa shape index (κ2) is 9.43. The Morgan fingerprint density at radius 3 is 2.71 bits per heavy atom. The summed E-state index contributed by atoms with van der Waals surface area (Å²) < 4.78 is 0. The first-order valence-corrected chi connectivity index (χ1v) is 11.0. The van der Waals surface area contributed by atoms with Crippen LogP contribution >= 0.6 is 11.6 Å². The summed E-state index contributed by atoms with van der Waals surface area (Å²) in [6.45, 7) is 5.56. The third-order valence-corrected chi connectivity index (χ3v) is 6.11. The highest BCUT2D eigenvalue weighted by Gasteiger charge is 2.33. The van der Waals surface area contributed by atoms with Crippen LogP contribution in [-0.4, -0.2) is 44.9 Å². The molecule has 1 amide bonds. The van der Waals surface area contributed by atoms with Crippen LogP contribution in [0.4, 0.5) is 5.82 Å². The number of nitrogens with zero attached hydrogens (tertiary/aromatic N) is 4. The lowest BCUT2D eigenvalue weighted by atomic mass is 9.89. The fourth-order valence-corrected chi connectivity index (χ4v) is 4.34. The van der Waals surface area contributed by atoms with Gasteiger partial charge in [0, 0.05) is 37.2 Å². The fourth-order valence-electron chi connectivity index (χ4n) is 4.23. The maximum atomic E-state index is 13.8. The molecular formula is C24H26ClN5O. The van der Waals surface area contributed by atoms with E-state index in [0.717, 1.165) is 36.3 Å². The average molecular weight is 436 g/mol. The van der Waals surface area contributed by atoms with Crippen molar-refractivity contribution < 1.29 is 4.79 Å². The van der Waals surface area contributed by atoms with Crippen LogP contribution in [-0.2, 0) is 0 Å². The molecule has 3 aromatic rings. The van der Waals surface area contributed by atoms with Crippen LogP contribution in [0.3, 0.4) is 0 Å². The van der Waals surface area contributed by atoms with Gasteiger partial charge in [0.05, 0.1) is 16.6 Å². The summed E-state index contributed by atoms with van der Waals surface area (Å²) in [6, 6.07) is 11.3. The predicted molar refractivity (Wildman–Crippen MR) is 123 cm³/mol. The van der Waals surface area contributed by atoms with Gasteiger partial charge in [0.2, 0.25) is 0 Å². The first-order chi connectivity index (χ1) is 15.0. The second-order valence-corrected chi connectivity index (χ2v) is 8.43. The van der Waals surface area contributed by atoms with E-state index >= 15 is 0 Å². The third kappa shape index (κ3) is 4.69. The van der Waals surface area contributed by atoms with Crippen molar-refractivity contribution in [3.8, 4) is 11.4 Å². The fraction of sp³-hybridized carbons (Fsp3) is 0.333. The van der Waals surface area contributed by atoms with Crippen molar-refractivity contribution in [1.29, 1.82) is 0 Å². The molecule has 0 saturated carbocycles. The highest BCUT2D eigenvalue weighted by Crippen LogP contribution is 2.30. The lowest BCUT2D eigenvalue weighted by Crippen LogP contribution is -2.51. The van der Waals surface area contributed by atoms with Crippen molar-refractivity contribution in [2.45, 2.75) is 32.7 Å². The monoisotopic (exact) mass is 435 g/mol. The van der Waals surface area contributed by atoms with Crippen molar-refractivity contribution in [3.05, 3.63) is 71.1 Å². The summed E-state index contributed by atoms with van der Waals surface area (Å²) in [5, 5.41) is 3.98. The van der Waals surface area contributed by atoms with Crippen molar-refractivity contribution in [2.75, 3.05) is 18.4 Å². The molecule has 1 aliphatic rings. The number of anilines is 1. The van der Waals surface area contributed by atoms with Crippen LogP contribution in [0.1, 0.15) is 35.7 Å². The molecule has 1 saturated heterocycles. The largest absolute Gasteiger partial charge is 0.368 e. The Morgan fingerprint density at radius 2 is 1.97 bits per heavy atom. The van der Waals surface area contributed by atoms with E-state index in [1.807, 2.05) is 42.2 Å². The molecule has 1 N–H and O–H groups in total. The molecule has 0 spiro atoms. The first kappa shape index (κ1) is 21.2. The SMILES string of the molecule is Cc1cccc(C(=O)N2CCCC(C)C2CNc2ccc(Cl)cn2)c1-c1ncccn1. The molecule has 2 aromatic heterocycles. The van der Waals surface area contributed by atoms with Gasteiger partial charge in [0.25, 0.3) is 5.91 Å². The van der Waals surface area contributed by atoms with Gasteiger partial charge in [0.1, 0.15) is 5.82 Å². The number of likely N-dealkylation sites (tertiary alicyclic amines) is 1. The summed E-state index contributed by atoms with van der Waals surface area (Å²) in [6.07, 6.45) is 7.11. The van der Waals surface area contributed by atoms with E-state index < -0.39 is 0 Å². The maximum Gasteiger partial charge on any atom is 0.254 e. The van der Waals surface area contributed by atoms with Gasteiger partial charge in [0.15, 0.2) is 5.82 Å². The number of piperidine rings is 1. The molecule has 31 heavy (non-hydrogen) atoms. The standard InChI is InChI=1S/C24H26ClN5O/c1-16-7-4-13-30(20(16)15-29-21-10-9-18(25)14-28-21)24(31)19-8-3-6-17(2)22(19)23-26-11-5-12-27-23/h3,5-6,8-12,14,16,20H,4,7,13,15H2,1-2H3,(H,28,29). The van der Waals surface area contributed by atoms with Crippen LogP contribution in [0, 0.1) is 12.8 Å². The van der Waals surface area contributed by atoms with Crippen molar-refractivity contribution in [1.82, 2.24) is 19.9 Å². The molecule has 1 fully saturated rings. The number of pyridine rings is 1. The van der Waals surface area contributed by atoms with Gasteiger partial charge in [-0.2, -0.15) is 0 Å². The van der Waals surface area contributed by atoms with Gasteiger partial charge >= 0.3 is 0 Å². The van der Waals surface area contributed by atoms with Crippen molar-refractivity contribution in [3.63, 3.8) is 0 Å². The molecule has 1 aliphatic heterocycles. The number of benzene rings is 1. The van der Waals surface area contributed by atoms with Crippen LogP contribution in [0.2, 0.25) is 5.02 Å². The van der Waals surface area contributed by atoms with Gasteiger partial charge in [-0.25, -0.2) is 15.0 Å². The van der Waals surface area contributed by atoms with Gasteiger partial charge in [-0.3, -0.25) is 4.79 Å². The molecule has 7 heteroatoms. The number of halogens is 1. The molecule has 3 heterocycles. The number of nitrogens with one attached hydrogen (secondary N) is 1. The molecule has 6 nitrogen and oxygen atoms in total. The molecule has 2 atom stereocenters. The number of amides is 1. The van der Waals surface area contributed by atoms with E-state index in [0.29, 0.717) is 28.9 Å². The Bertz CT molecular complexity index is 1040. The van der Waals surface area contributed by atoms with Gasteiger partial charge in [-0.05, 0) is 55.5 Å². The molecule has 160 valence electrons. The number of aromatic nitrogens is 3. The Hall–Kier alpha value is -2.99. The lowest BCUT2D eigenvalue weighted by molar-refractivity contribution is 0.0540. The third-order valence-electron chi connectivity index (χ3n) is 5.89. The highest BCUT2D eigenvalue weighted by atomic mass is 35.5. The van der Waals surface area contributed by atoms with Crippen molar-refractivity contribution in [2.24, 2.45) is 5.92 Å². The molecule has 1 aromatic carbocycles. The van der Waals surface area contributed by atoms with Crippen LogP contribution in [0.5, 0.6) is 0 Å². The van der Waals surface area contributed by atoms with E-state index in [1.165, 1.54) is 0 Å². The Morgan fingerprint density at radius 1 is 1.16 bits per heavy atom. The van der Waals surface area contributed by atoms with Crippen LogP contribution in [0.25, 0.3) is 11.4 Å². The Balaban J connectivity index is 1.62. The number of carbonyl (C=O) groups is 1. The molecular weight excluding hydrogens is 410 g/mol. The van der Waals surface area contributed by atoms with E-state index in [2.05, 4.69) is 27.2 Å². The highest BCUT2D eigenvalue weighted by molar-refractivity contribution is 6.30.